The van der Waals surface area contributed by atoms with Gasteiger partial charge in [0, 0.05) is 16.0 Å². The second-order valence-corrected chi connectivity index (χ2v) is 12.3. The first kappa shape index (κ1) is 16.5. The van der Waals surface area contributed by atoms with E-state index in [1.807, 2.05) is 6.07 Å². The zero-order valence-electron chi connectivity index (χ0n) is 16.9. The molecule has 0 N–H and O–H groups in total. The molecule has 0 radical (unpaired) electrons. The molecule has 7 rings (SSSR count). The van der Waals surface area contributed by atoms with Gasteiger partial charge < -0.3 is 9.46 Å². The number of para-hydroxylation sites is 1. The summed E-state index contributed by atoms with van der Waals surface area (Å²) in [5.41, 5.74) is 6.33. The topological polar surface area (TPSA) is 20.3 Å². The van der Waals surface area contributed by atoms with E-state index < -0.39 is 7.14 Å². The summed E-state index contributed by atoms with van der Waals surface area (Å²) in [5.74, 6) is 0. The van der Waals surface area contributed by atoms with Crippen LogP contribution in [0.5, 0.6) is 0 Å². The predicted molar refractivity (Wildman–Crippen MR) is 121 cm³/mol. The van der Waals surface area contributed by atoms with Crippen LogP contribution in [0.25, 0.3) is 11.1 Å². The molecule has 3 unspecified atom stereocenters. The third kappa shape index (κ3) is 1.54. The Balaban J connectivity index is 1.71. The van der Waals surface area contributed by atoms with Crippen LogP contribution in [0.3, 0.4) is 0 Å². The van der Waals surface area contributed by atoms with Crippen molar-refractivity contribution in [3.05, 3.63) is 66.2 Å². The van der Waals surface area contributed by atoms with Gasteiger partial charge in [-0.3, -0.25) is 0 Å². The minimum absolute atomic E-state index is 0.0266. The zero-order valence-corrected chi connectivity index (χ0v) is 17.8. The molecule has 3 aliphatic heterocycles. The van der Waals surface area contributed by atoms with Gasteiger partial charge in [-0.15, -0.1) is 0 Å². The minimum Gasteiger partial charge on any atom is -0.333 e. The van der Waals surface area contributed by atoms with Crippen LogP contribution in [-0.2, 0) is 9.98 Å². The molecule has 0 saturated heterocycles. The van der Waals surface area contributed by atoms with Crippen molar-refractivity contribution >= 4 is 34.4 Å². The number of anilines is 2. The molecule has 0 aromatic heterocycles. The Morgan fingerprint density at radius 3 is 2.41 bits per heavy atom. The maximum absolute atomic E-state index is 15.0. The maximum Gasteiger partial charge on any atom is 0.176 e. The van der Waals surface area contributed by atoms with E-state index in [1.165, 1.54) is 48.2 Å². The molecule has 4 aliphatic rings. The van der Waals surface area contributed by atoms with E-state index in [0.29, 0.717) is 0 Å². The highest BCUT2D eigenvalue weighted by atomic mass is 31.2. The van der Waals surface area contributed by atoms with Gasteiger partial charge in [0.2, 0.25) is 0 Å². The van der Waals surface area contributed by atoms with Crippen LogP contribution in [0.1, 0.15) is 45.1 Å². The average molecular weight is 397 g/mol. The van der Waals surface area contributed by atoms with E-state index in [0.717, 1.165) is 21.5 Å². The monoisotopic (exact) mass is 397 g/mol. The Kier molecular flexibility index (Phi) is 2.77. The van der Waals surface area contributed by atoms with Crippen LogP contribution in [-0.4, -0.2) is 5.54 Å². The molecule has 3 heteroatoms. The van der Waals surface area contributed by atoms with Crippen molar-refractivity contribution in [3.63, 3.8) is 0 Å². The molecule has 29 heavy (non-hydrogen) atoms. The SMILES string of the molecule is CC12CCCCC1(C)N1c3ccccc3P3(=O)c4ccccc4-c4ccc2c1c43. The number of nitrogens with zero attached hydrogens (tertiary/aromatic N) is 1. The number of fused-ring (bicyclic) bond motifs is 9. The smallest absolute Gasteiger partial charge is 0.176 e. The fraction of sp³-hybridized carbons (Fsp3) is 0.308. The summed E-state index contributed by atoms with van der Waals surface area (Å²) in [6, 6.07) is 21.5. The lowest BCUT2D eigenvalue weighted by Crippen LogP contribution is -2.56. The Labute approximate surface area is 171 Å². The third-order valence-electron chi connectivity index (χ3n) is 8.55. The lowest BCUT2D eigenvalue weighted by atomic mass is 9.61. The van der Waals surface area contributed by atoms with E-state index >= 15 is 4.57 Å². The number of hydrogen-bond acceptors (Lipinski definition) is 2. The largest absolute Gasteiger partial charge is 0.333 e. The van der Waals surface area contributed by atoms with Gasteiger partial charge in [-0.05, 0) is 48.6 Å². The number of hydrogen-bond donors (Lipinski definition) is 0. The summed E-state index contributed by atoms with van der Waals surface area (Å²) in [6.07, 6.45) is 4.92. The highest BCUT2D eigenvalue weighted by Crippen LogP contribution is 2.68. The van der Waals surface area contributed by atoms with Crippen molar-refractivity contribution < 1.29 is 4.57 Å². The summed E-state index contributed by atoms with van der Waals surface area (Å²) in [7, 11) is -2.85. The third-order valence-corrected chi connectivity index (χ3v) is 11.8. The van der Waals surface area contributed by atoms with E-state index in [1.54, 1.807) is 0 Å². The van der Waals surface area contributed by atoms with Gasteiger partial charge in [0.25, 0.3) is 0 Å². The van der Waals surface area contributed by atoms with Gasteiger partial charge in [0.05, 0.1) is 22.2 Å². The van der Waals surface area contributed by atoms with E-state index in [2.05, 4.69) is 73.3 Å². The number of benzene rings is 3. The minimum atomic E-state index is -2.85. The van der Waals surface area contributed by atoms with Crippen LogP contribution < -0.4 is 20.8 Å². The average Bonchev–Trinajstić information content (AvgIpc) is 3.13. The Morgan fingerprint density at radius 1 is 0.828 bits per heavy atom. The molecule has 3 aromatic carbocycles. The first-order valence-electron chi connectivity index (χ1n) is 10.8. The van der Waals surface area contributed by atoms with Gasteiger partial charge in [-0.2, -0.15) is 0 Å². The normalized spacial score (nSPS) is 32.4. The Hall–Kier alpha value is -2.31. The zero-order chi connectivity index (χ0) is 19.6. The molecule has 3 aromatic rings. The maximum atomic E-state index is 15.0. The van der Waals surface area contributed by atoms with E-state index in [9.17, 15) is 0 Å². The first-order chi connectivity index (χ1) is 14.0. The fourth-order valence-electron chi connectivity index (χ4n) is 6.96. The number of rotatable bonds is 0. The summed E-state index contributed by atoms with van der Waals surface area (Å²) in [6.45, 7) is 4.91. The molecule has 0 spiro atoms. The van der Waals surface area contributed by atoms with Crippen LogP contribution in [0, 0.1) is 0 Å². The standard InChI is InChI=1S/C26H24NOP/c1-25-15-7-8-16-26(25,2)27-20-10-4-6-12-22(20)29(28)21-11-5-3-9-17(21)18-13-14-19(25)23(27)24(18)29/h3-6,9-14H,7-8,15-16H2,1-2H3. The van der Waals surface area contributed by atoms with Gasteiger partial charge in [0.1, 0.15) is 0 Å². The van der Waals surface area contributed by atoms with Gasteiger partial charge in [-0.25, -0.2) is 0 Å². The second kappa shape index (κ2) is 4.87. The van der Waals surface area contributed by atoms with E-state index in [4.69, 9.17) is 0 Å². The molecular formula is C26H24NOP. The molecule has 0 bridgehead atoms. The Bertz CT molecular complexity index is 1290. The summed E-state index contributed by atoms with van der Waals surface area (Å²) >= 11 is 0. The molecular weight excluding hydrogens is 373 g/mol. The van der Waals surface area contributed by atoms with Crippen molar-refractivity contribution in [3.8, 4) is 11.1 Å². The quantitative estimate of drug-likeness (QED) is 0.372. The molecule has 1 fully saturated rings. The lowest BCUT2D eigenvalue weighted by molar-refractivity contribution is 0.195. The highest BCUT2D eigenvalue weighted by Gasteiger charge is 2.62. The Morgan fingerprint density at radius 2 is 1.55 bits per heavy atom. The summed E-state index contributed by atoms with van der Waals surface area (Å²) in [5, 5.41) is 3.18. The van der Waals surface area contributed by atoms with Crippen LogP contribution in [0.2, 0.25) is 0 Å². The van der Waals surface area contributed by atoms with Crippen LogP contribution >= 0.6 is 7.14 Å². The molecule has 3 atom stereocenters. The molecule has 2 nitrogen and oxygen atoms in total. The molecule has 0 amide bonds. The lowest BCUT2D eigenvalue weighted by Gasteiger charge is -2.51. The van der Waals surface area contributed by atoms with Crippen molar-refractivity contribution in [1.29, 1.82) is 0 Å². The molecule has 3 heterocycles. The summed E-state index contributed by atoms with van der Waals surface area (Å²) < 4.78 is 15.0. The van der Waals surface area contributed by atoms with E-state index in [-0.39, 0.29) is 11.0 Å². The van der Waals surface area contributed by atoms with Crippen LogP contribution in [0.15, 0.2) is 60.7 Å². The molecule has 1 aliphatic carbocycles. The highest BCUT2D eigenvalue weighted by molar-refractivity contribution is 7.87. The van der Waals surface area contributed by atoms with Crippen molar-refractivity contribution in [2.75, 3.05) is 4.90 Å². The second-order valence-electron chi connectivity index (χ2n) is 9.62. The van der Waals surface area contributed by atoms with Crippen LogP contribution in [0.4, 0.5) is 11.4 Å². The van der Waals surface area contributed by atoms with Gasteiger partial charge >= 0.3 is 0 Å². The summed E-state index contributed by atoms with van der Waals surface area (Å²) in [4.78, 5) is 2.61. The molecule has 1 saturated carbocycles. The predicted octanol–water partition coefficient (Wildman–Crippen LogP) is 5.36. The van der Waals surface area contributed by atoms with Gasteiger partial charge in [0.15, 0.2) is 7.14 Å². The van der Waals surface area contributed by atoms with Crippen molar-refractivity contribution in [1.82, 2.24) is 0 Å². The van der Waals surface area contributed by atoms with Gasteiger partial charge in [-0.1, -0.05) is 68.3 Å². The van der Waals surface area contributed by atoms with Crippen molar-refractivity contribution in [2.45, 2.75) is 50.5 Å². The first-order valence-corrected chi connectivity index (χ1v) is 12.5. The molecule has 144 valence electrons. The fourth-order valence-corrected chi connectivity index (χ4v) is 10.4. The van der Waals surface area contributed by atoms with Crippen molar-refractivity contribution in [2.24, 2.45) is 0 Å².